The minimum absolute atomic E-state index is 0.0580. The van der Waals surface area contributed by atoms with Crippen LogP contribution in [0.3, 0.4) is 0 Å². The fourth-order valence-electron chi connectivity index (χ4n) is 4.28. The van der Waals surface area contributed by atoms with Crippen molar-refractivity contribution in [3.8, 4) is 22.3 Å². The minimum Gasteiger partial charge on any atom is -0.481 e. The normalized spacial score (nSPS) is 11.7. The van der Waals surface area contributed by atoms with E-state index in [9.17, 15) is 35.9 Å². The SMILES string of the molecule is O=C(O)CCNC(=O)c1ccc(-c2cc(C(F)(F)F)cc(C(F)(F)F)c2CNc2ccc(-c3cccc(Cl)c3Cl)cc2)cn1. The Morgan fingerprint density at radius 2 is 1.52 bits per heavy atom. The van der Waals surface area contributed by atoms with Crippen LogP contribution in [-0.4, -0.2) is 28.5 Å². The van der Waals surface area contributed by atoms with Crippen LogP contribution in [0, 0.1) is 0 Å². The quantitative estimate of drug-likeness (QED) is 0.157. The molecule has 0 saturated carbocycles. The number of pyridine rings is 1. The summed E-state index contributed by atoms with van der Waals surface area (Å²) in [4.78, 5) is 26.8. The Morgan fingerprint density at radius 1 is 0.841 bits per heavy atom. The Morgan fingerprint density at radius 3 is 2.11 bits per heavy atom. The maximum Gasteiger partial charge on any atom is 0.416 e. The summed E-state index contributed by atoms with van der Waals surface area (Å²) in [5, 5.41) is 14.5. The van der Waals surface area contributed by atoms with Crippen molar-refractivity contribution in [2.75, 3.05) is 11.9 Å². The summed E-state index contributed by atoms with van der Waals surface area (Å²) in [5.41, 5.74) is -2.52. The van der Waals surface area contributed by atoms with Gasteiger partial charge in [0.15, 0.2) is 0 Å². The summed E-state index contributed by atoms with van der Waals surface area (Å²) in [6, 6.07) is 14.5. The second-order valence-corrected chi connectivity index (χ2v) is 10.2. The van der Waals surface area contributed by atoms with Gasteiger partial charge in [-0.05, 0) is 53.1 Å². The number of nitrogens with zero attached hydrogens (tertiary/aromatic N) is 1. The third-order valence-corrected chi connectivity index (χ3v) is 7.25. The molecule has 0 bridgehead atoms. The van der Waals surface area contributed by atoms with Crippen molar-refractivity contribution in [3.63, 3.8) is 0 Å². The number of carboxylic acid groups (broad SMARTS) is 1. The van der Waals surface area contributed by atoms with Crippen LogP contribution in [0.4, 0.5) is 32.0 Å². The van der Waals surface area contributed by atoms with Gasteiger partial charge in [-0.3, -0.25) is 14.6 Å². The summed E-state index contributed by atoms with van der Waals surface area (Å²) >= 11 is 12.3. The number of carbonyl (C=O) groups excluding carboxylic acids is 1. The standard InChI is InChI=1S/C30H21Cl2F6N3O3/c31-24-3-1-2-20(27(24)32)16-4-7-19(8-5-16)40-15-22-21(12-18(29(33,34)35)13-23(22)30(36,37)38)17-6-9-25(41-14-17)28(44)39-11-10-26(42)43/h1-9,12-14,40H,10-11,15H2,(H,39,44)(H,42,43). The van der Waals surface area contributed by atoms with Crippen LogP contribution < -0.4 is 10.6 Å². The fourth-order valence-corrected chi connectivity index (χ4v) is 4.69. The van der Waals surface area contributed by atoms with E-state index < -0.39 is 53.0 Å². The predicted molar refractivity (Wildman–Crippen MR) is 153 cm³/mol. The van der Waals surface area contributed by atoms with Crippen LogP contribution in [0.2, 0.25) is 10.0 Å². The molecular formula is C30H21Cl2F6N3O3. The maximum atomic E-state index is 14.2. The van der Waals surface area contributed by atoms with E-state index in [0.29, 0.717) is 32.9 Å². The molecule has 6 nitrogen and oxygen atoms in total. The van der Waals surface area contributed by atoms with Crippen molar-refractivity contribution >= 4 is 40.8 Å². The highest BCUT2D eigenvalue weighted by molar-refractivity contribution is 6.43. The Labute approximate surface area is 256 Å². The fraction of sp³-hybridized carbons (Fsp3) is 0.167. The number of rotatable bonds is 9. The molecule has 0 aliphatic carbocycles. The van der Waals surface area contributed by atoms with Crippen LogP contribution in [-0.2, 0) is 23.7 Å². The van der Waals surface area contributed by atoms with Gasteiger partial charge in [-0.15, -0.1) is 0 Å². The molecule has 0 atom stereocenters. The van der Waals surface area contributed by atoms with Crippen molar-refractivity contribution in [1.29, 1.82) is 0 Å². The number of halogens is 8. The van der Waals surface area contributed by atoms with Crippen molar-refractivity contribution in [1.82, 2.24) is 10.3 Å². The Bertz CT molecular complexity index is 1680. The number of carboxylic acids is 1. The van der Waals surface area contributed by atoms with Gasteiger partial charge in [0.1, 0.15) is 5.69 Å². The zero-order valence-electron chi connectivity index (χ0n) is 22.3. The van der Waals surface area contributed by atoms with Crippen LogP contribution in [0.1, 0.15) is 33.6 Å². The molecule has 44 heavy (non-hydrogen) atoms. The third-order valence-electron chi connectivity index (χ3n) is 6.43. The number of anilines is 1. The van der Waals surface area contributed by atoms with E-state index in [1.54, 1.807) is 42.5 Å². The number of amides is 1. The summed E-state index contributed by atoms with van der Waals surface area (Å²) in [7, 11) is 0. The van der Waals surface area contributed by atoms with Crippen molar-refractivity contribution < 1.29 is 41.0 Å². The molecule has 3 N–H and O–H groups in total. The first-order valence-electron chi connectivity index (χ1n) is 12.7. The van der Waals surface area contributed by atoms with E-state index in [4.69, 9.17) is 28.3 Å². The Kier molecular flexibility index (Phi) is 9.75. The predicted octanol–water partition coefficient (Wildman–Crippen LogP) is 8.58. The van der Waals surface area contributed by atoms with Gasteiger partial charge in [0.2, 0.25) is 0 Å². The number of hydrogen-bond acceptors (Lipinski definition) is 4. The Balaban J connectivity index is 1.69. The molecule has 0 aliphatic heterocycles. The number of alkyl halides is 6. The molecule has 4 rings (SSSR count). The molecule has 14 heteroatoms. The van der Waals surface area contributed by atoms with Gasteiger partial charge in [-0.25, -0.2) is 0 Å². The van der Waals surface area contributed by atoms with E-state index in [2.05, 4.69) is 15.6 Å². The van der Waals surface area contributed by atoms with Crippen LogP contribution >= 0.6 is 23.2 Å². The van der Waals surface area contributed by atoms with Gasteiger partial charge >= 0.3 is 18.3 Å². The highest BCUT2D eigenvalue weighted by atomic mass is 35.5. The zero-order valence-corrected chi connectivity index (χ0v) is 23.8. The molecule has 0 radical (unpaired) electrons. The van der Waals surface area contributed by atoms with Gasteiger partial charge in [0.05, 0.1) is 27.6 Å². The lowest BCUT2D eigenvalue weighted by atomic mass is 9.92. The molecule has 3 aromatic carbocycles. The number of aliphatic carboxylic acids is 1. The first-order chi connectivity index (χ1) is 20.6. The second kappa shape index (κ2) is 13.1. The molecule has 0 spiro atoms. The van der Waals surface area contributed by atoms with E-state index >= 15 is 0 Å². The van der Waals surface area contributed by atoms with Crippen LogP contribution in [0.15, 0.2) is 72.9 Å². The maximum absolute atomic E-state index is 14.2. The number of hydrogen-bond donors (Lipinski definition) is 3. The van der Waals surface area contributed by atoms with Gasteiger partial charge in [0.25, 0.3) is 5.91 Å². The molecule has 1 aromatic heterocycles. The molecular weight excluding hydrogens is 635 g/mol. The highest BCUT2D eigenvalue weighted by Crippen LogP contribution is 2.42. The van der Waals surface area contributed by atoms with E-state index in [0.717, 1.165) is 12.3 Å². The molecule has 230 valence electrons. The van der Waals surface area contributed by atoms with Gasteiger partial charge in [-0.2, -0.15) is 26.3 Å². The van der Waals surface area contributed by atoms with Crippen LogP contribution in [0.5, 0.6) is 0 Å². The molecule has 0 aliphatic rings. The molecule has 0 saturated heterocycles. The first kappa shape index (κ1) is 32.6. The van der Waals surface area contributed by atoms with Crippen molar-refractivity contribution in [2.24, 2.45) is 0 Å². The van der Waals surface area contributed by atoms with E-state index in [1.807, 2.05) is 0 Å². The number of aromatic nitrogens is 1. The van der Waals surface area contributed by atoms with Crippen LogP contribution in [0.25, 0.3) is 22.3 Å². The smallest absolute Gasteiger partial charge is 0.416 e. The lowest BCUT2D eigenvalue weighted by Crippen LogP contribution is -2.26. The number of carbonyl (C=O) groups is 2. The largest absolute Gasteiger partial charge is 0.481 e. The number of nitrogens with one attached hydrogen (secondary N) is 2. The Hall–Kier alpha value is -4.29. The van der Waals surface area contributed by atoms with Gasteiger partial charge in [-0.1, -0.05) is 53.5 Å². The monoisotopic (exact) mass is 655 g/mol. The molecule has 4 aromatic rings. The summed E-state index contributed by atoms with van der Waals surface area (Å²) in [6.45, 7) is -0.722. The lowest BCUT2D eigenvalue weighted by molar-refractivity contribution is -0.143. The molecule has 1 amide bonds. The highest BCUT2D eigenvalue weighted by Gasteiger charge is 2.39. The van der Waals surface area contributed by atoms with Gasteiger partial charge in [0, 0.05) is 36.1 Å². The van der Waals surface area contributed by atoms with Crippen molar-refractivity contribution in [3.05, 3.63) is 105 Å². The summed E-state index contributed by atoms with van der Waals surface area (Å²) in [5.74, 6) is -1.91. The first-order valence-corrected chi connectivity index (χ1v) is 13.5. The lowest BCUT2D eigenvalue weighted by Gasteiger charge is -2.21. The average Bonchev–Trinajstić information content (AvgIpc) is 2.96. The summed E-state index contributed by atoms with van der Waals surface area (Å²) in [6.07, 6.45) is -9.61. The molecule has 1 heterocycles. The van der Waals surface area contributed by atoms with Crippen molar-refractivity contribution in [2.45, 2.75) is 25.3 Å². The molecule has 0 fully saturated rings. The second-order valence-electron chi connectivity index (χ2n) is 9.41. The van der Waals surface area contributed by atoms with E-state index in [1.165, 1.54) is 6.07 Å². The average molecular weight is 656 g/mol. The molecule has 0 unspecified atom stereocenters. The summed E-state index contributed by atoms with van der Waals surface area (Å²) < 4.78 is 83.6. The van der Waals surface area contributed by atoms with Gasteiger partial charge < -0.3 is 15.7 Å². The minimum atomic E-state index is -5.14. The topological polar surface area (TPSA) is 91.3 Å². The zero-order chi connectivity index (χ0) is 32.2. The third kappa shape index (κ3) is 7.80. The number of benzene rings is 3. The van der Waals surface area contributed by atoms with E-state index in [-0.39, 0.29) is 30.3 Å².